The molecule has 0 aromatic heterocycles. The Bertz CT molecular complexity index is 484. The van der Waals surface area contributed by atoms with Gasteiger partial charge >= 0.3 is 5.97 Å². The predicted molar refractivity (Wildman–Crippen MR) is 72.7 cm³/mol. The highest BCUT2D eigenvalue weighted by Crippen LogP contribution is 2.13. The van der Waals surface area contributed by atoms with Crippen LogP contribution in [0.1, 0.15) is 38.5 Å². The molecule has 10 heteroatoms. The number of nitrogens with zero attached hydrogens (tertiary/aromatic N) is 4. The first-order chi connectivity index (χ1) is 10.5. The lowest BCUT2D eigenvalue weighted by atomic mass is 10.2. The Morgan fingerprint density at radius 2 is 1.91 bits per heavy atom. The first-order valence-corrected chi connectivity index (χ1v) is 6.88. The number of azide groups is 1. The molecule has 0 radical (unpaired) electrons. The first kappa shape index (κ1) is 17.4. The van der Waals surface area contributed by atoms with E-state index in [-0.39, 0.29) is 38.0 Å². The number of rotatable bonds is 9. The van der Waals surface area contributed by atoms with Crippen LogP contribution in [0.4, 0.5) is 0 Å². The van der Waals surface area contributed by atoms with E-state index in [1.807, 2.05) is 0 Å². The molecular formula is C12H17N5O5. The number of hydroxylamine groups is 2. The van der Waals surface area contributed by atoms with Gasteiger partial charge in [0.15, 0.2) is 0 Å². The smallest absolute Gasteiger partial charge is 0.333 e. The third-order valence-corrected chi connectivity index (χ3v) is 2.80. The number of nitrogens with one attached hydrogen (secondary N) is 1. The molecule has 0 spiro atoms. The van der Waals surface area contributed by atoms with E-state index in [2.05, 4.69) is 20.2 Å². The fourth-order valence-electron chi connectivity index (χ4n) is 1.71. The van der Waals surface area contributed by atoms with Crippen LogP contribution in [0, 0.1) is 0 Å². The number of imide groups is 1. The molecule has 0 bridgehead atoms. The molecular weight excluding hydrogens is 294 g/mol. The van der Waals surface area contributed by atoms with E-state index in [1.165, 1.54) is 0 Å². The quantitative estimate of drug-likeness (QED) is 0.218. The molecule has 22 heavy (non-hydrogen) atoms. The molecule has 0 atom stereocenters. The van der Waals surface area contributed by atoms with Gasteiger partial charge in [-0.05, 0) is 18.4 Å². The summed E-state index contributed by atoms with van der Waals surface area (Å²) in [5, 5.41) is 6.42. The summed E-state index contributed by atoms with van der Waals surface area (Å²) in [5.74, 6) is -2.02. The van der Waals surface area contributed by atoms with Gasteiger partial charge in [-0.25, -0.2) is 4.79 Å². The average molecular weight is 311 g/mol. The molecule has 1 rings (SSSR count). The van der Waals surface area contributed by atoms with Crippen LogP contribution in [0.3, 0.4) is 0 Å². The highest BCUT2D eigenvalue weighted by Gasteiger charge is 2.32. The molecule has 1 heterocycles. The van der Waals surface area contributed by atoms with Crippen molar-refractivity contribution in [3.8, 4) is 0 Å². The minimum atomic E-state index is -0.722. The van der Waals surface area contributed by atoms with E-state index in [0.29, 0.717) is 24.6 Å². The highest BCUT2D eigenvalue weighted by molar-refractivity contribution is 6.01. The number of carbonyl (C=O) groups is 4. The molecule has 0 aromatic rings. The van der Waals surface area contributed by atoms with Crippen LogP contribution in [0.2, 0.25) is 0 Å². The van der Waals surface area contributed by atoms with Crippen molar-refractivity contribution in [2.75, 3.05) is 13.1 Å². The standard InChI is InChI=1S/C12H17N5O5/c13-16-15-8-2-7-14-9(18)3-1-4-12(21)22-17-10(19)5-6-11(17)20/h1-8H2,(H,14,18). The molecule has 120 valence electrons. The SMILES string of the molecule is [N-]=[N+]=NCCCNC(=O)CCCC(=O)ON1C(=O)CCC1=O. The second kappa shape index (κ2) is 9.35. The fraction of sp³-hybridized carbons (Fsp3) is 0.667. The normalized spacial score (nSPS) is 13.7. The molecule has 1 N–H and O–H groups in total. The number of amides is 3. The molecule has 1 aliphatic rings. The summed E-state index contributed by atoms with van der Waals surface area (Å²) >= 11 is 0. The van der Waals surface area contributed by atoms with Gasteiger partial charge in [0.05, 0.1) is 0 Å². The Kier molecular flexibility index (Phi) is 7.41. The number of hydrogen-bond acceptors (Lipinski definition) is 6. The maximum atomic E-state index is 11.5. The van der Waals surface area contributed by atoms with Crippen molar-refractivity contribution in [3.63, 3.8) is 0 Å². The minimum Gasteiger partial charge on any atom is -0.356 e. The summed E-state index contributed by atoms with van der Waals surface area (Å²) in [4.78, 5) is 52.6. The zero-order chi connectivity index (χ0) is 16.4. The van der Waals surface area contributed by atoms with Gasteiger partial charge in [0.25, 0.3) is 11.8 Å². The van der Waals surface area contributed by atoms with Crippen LogP contribution >= 0.6 is 0 Å². The Morgan fingerprint density at radius 1 is 1.23 bits per heavy atom. The third-order valence-electron chi connectivity index (χ3n) is 2.80. The molecule has 0 unspecified atom stereocenters. The van der Waals surface area contributed by atoms with Gasteiger partial charge in [-0.3, -0.25) is 14.4 Å². The van der Waals surface area contributed by atoms with E-state index in [4.69, 9.17) is 5.53 Å². The zero-order valence-corrected chi connectivity index (χ0v) is 12.0. The predicted octanol–water partition coefficient (Wildman–Crippen LogP) is 0.580. The lowest BCUT2D eigenvalue weighted by Crippen LogP contribution is -2.32. The minimum absolute atomic E-state index is 0.0460. The molecule has 0 saturated carbocycles. The summed E-state index contributed by atoms with van der Waals surface area (Å²) in [6.07, 6.45) is 0.935. The van der Waals surface area contributed by atoms with Crippen molar-refractivity contribution in [2.45, 2.75) is 38.5 Å². The van der Waals surface area contributed by atoms with E-state index < -0.39 is 17.8 Å². The summed E-state index contributed by atoms with van der Waals surface area (Å²) < 4.78 is 0. The van der Waals surface area contributed by atoms with Crippen molar-refractivity contribution in [3.05, 3.63) is 10.4 Å². The molecule has 1 saturated heterocycles. The Balaban J connectivity index is 2.11. The zero-order valence-electron chi connectivity index (χ0n) is 12.0. The van der Waals surface area contributed by atoms with Crippen molar-refractivity contribution in [1.29, 1.82) is 0 Å². The van der Waals surface area contributed by atoms with Crippen molar-refractivity contribution in [1.82, 2.24) is 10.4 Å². The molecule has 3 amide bonds. The molecule has 1 aliphatic heterocycles. The van der Waals surface area contributed by atoms with Gasteiger partial charge < -0.3 is 10.2 Å². The molecule has 1 fully saturated rings. The van der Waals surface area contributed by atoms with Gasteiger partial charge in [0.1, 0.15) is 0 Å². The lowest BCUT2D eigenvalue weighted by molar-refractivity contribution is -0.197. The van der Waals surface area contributed by atoms with Gasteiger partial charge in [-0.1, -0.05) is 5.11 Å². The number of hydrogen-bond donors (Lipinski definition) is 1. The van der Waals surface area contributed by atoms with Gasteiger partial charge in [0, 0.05) is 43.7 Å². The first-order valence-electron chi connectivity index (χ1n) is 6.88. The van der Waals surface area contributed by atoms with Gasteiger partial charge in [-0.2, -0.15) is 0 Å². The van der Waals surface area contributed by atoms with Crippen LogP contribution in [-0.2, 0) is 24.0 Å². The molecule has 0 aromatic carbocycles. The largest absolute Gasteiger partial charge is 0.356 e. The van der Waals surface area contributed by atoms with Crippen LogP contribution in [0.25, 0.3) is 10.4 Å². The molecule has 10 nitrogen and oxygen atoms in total. The van der Waals surface area contributed by atoms with E-state index >= 15 is 0 Å². The fourth-order valence-corrected chi connectivity index (χ4v) is 1.71. The summed E-state index contributed by atoms with van der Waals surface area (Å²) in [7, 11) is 0. The van der Waals surface area contributed by atoms with E-state index in [1.54, 1.807) is 0 Å². The highest BCUT2D eigenvalue weighted by atomic mass is 16.7. The van der Waals surface area contributed by atoms with Crippen molar-refractivity contribution < 1.29 is 24.0 Å². The van der Waals surface area contributed by atoms with Gasteiger partial charge in [0.2, 0.25) is 5.91 Å². The summed E-state index contributed by atoms with van der Waals surface area (Å²) in [5.41, 5.74) is 8.06. The lowest BCUT2D eigenvalue weighted by Gasteiger charge is -2.12. The maximum Gasteiger partial charge on any atom is 0.333 e. The third kappa shape index (κ3) is 6.23. The van der Waals surface area contributed by atoms with Crippen LogP contribution in [0.5, 0.6) is 0 Å². The Hall–Kier alpha value is -2.61. The summed E-state index contributed by atoms with van der Waals surface area (Å²) in [6.45, 7) is 0.695. The number of carbonyl (C=O) groups excluding carboxylic acids is 4. The average Bonchev–Trinajstić information content (AvgIpc) is 2.79. The van der Waals surface area contributed by atoms with Crippen LogP contribution in [-0.4, -0.2) is 41.8 Å². The van der Waals surface area contributed by atoms with Crippen LogP contribution < -0.4 is 5.32 Å². The van der Waals surface area contributed by atoms with E-state index in [9.17, 15) is 19.2 Å². The Morgan fingerprint density at radius 3 is 2.55 bits per heavy atom. The monoisotopic (exact) mass is 311 g/mol. The topological polar surface area (TPSA) is 142 Å². The van der Waals surface area contributed by atoms with Crippen LogP contribution in [0.15, 0.2) is 5.11 Å². The summed E-state index contributed by atoms with van der Waals surface area (Å²) in [6, 6.07) is 0. The Labute approximate surface area is 126 Å². The van der Waals surface area contributed by atoms with Gasteiger partial charge in [-0.15, -0.1) is 5.06 Å². The van der Waals surface area contributed by atoms with E-state index in [0.717, 1.165) is 0 Å². The molecule has 0 aliphatic carbocycles. The second-order valence-corrected chi connectivity index (χ2v) is 4.56. The second-order valence-electron chi connectivity index (χ2n) is 4.56. The van der Waals surface area contributed by atoms with Crippen molar-refractivity contribution in [2.24, 2.45) is 5.11 Å². The van der Waals surface area contributed by atoms with Crippen molar-refractivity contribution >= 4 is 23.7 Å². The maximum absolute atomic E-state index is 11.5.